The van der Waals surface area contributed by atoms with Crippen LogP contribution in [0.3, 0.4) is 0 Å². The molecule has 4 rings (SSSR count). The molecule has 1 saturated heterocycles. The van der Waals surface area contributed by atoms with Gasteiger partial charge in [0.25, 0.3) is 5.91 Å². The Morgan fingerprint density at radius 3 is 2.44 bits per heavy atom. The Bertz CT molecular complexity index is 1050. The number of piperidine rings is 1. The maximum atomic E-state index is 13.7. The monoisotopic (exact) mass is 434 g/mol. The molecule has 1 aliphatic rings. The first-order chi connectivity index (χ1) is 15.5. The Morgan fingerprint density at radius 2 is 1.78 bits per heavy atom. The second-order valence-corrected chi connectivity index (χ2v) is 8.20. The minimum absolute atomic E-state index is 0.0478. The van der Waals surface area contributed by atoms with Gasteiger partial charge in [0.05, 0.1) is 5.69 Å². The number of carbonyl (C=O) groups is 1. The number of carbonyl (C=O) groups excluding carboxylic acids is 1. The van der Waals surface area contributed by atoms with Crippen LogP contribution in [0.15, 0.2) is 60.7 Å². The topological polar surface area (TPSA) is 67.4 Å². The molecule has 6 nitrogen and oxygen atoms in total. The first kappa shape index (κ1) is 21.7. The highest BCUT2D eigenvalue weighted by Gasteiger charge is 2.18. The molecule has 1 atom stereocenters. The van der Waals surface area contributed by atoms with Crippen LogP contribution in [-0.4, -0.2) is 35.3 Å². The van der Waals surface area contributed by atoms with Crippen molar-refractivity contribution in [2.24, 2.45) is 5.92 Å². The smallest absolute Gasteiger partial charge is 0.265 e. The number of hydrogen-bond acceptors (Lipinski definition) is 5. The van der Waals surface area contributed by atoms with Gasteiger partial charge >= 0.3 is 0 Å². The van der Waals surface area contributed by atoms with Gasteiger partial charge in [-0.25, -0.2) is 4.39 Å². The van der Waals surface area contributed by atoms with Crippen molar-refractivity contribution in [1.82, 2.24) is 10.2 Å². The number of anilines is 2. The summed E-state index contributed by atoms with van der Waals surface area (Å²) in [6.45, 7) is 5.90. The summed E-state index contributed by atoms with van der Waals surface area (Å²) in [4.78, 5) is 14.7. The molecule has 7 heteroatoms. The van der Waals surface area contributed by atoms with E-state index in [0.29, 0.717) is 5.69 Å². The average molecular weight is 435 g/mol. The van der Waals surface area contributed by atoms with Gasteiger partial charge in [-0.1, -0.05) is 31.2 Å². The molecule has 0 spiro atoms. The van der Waals surface area contributed by atoms with Crippen LogP contribution in [0.2, 0.25) is 0 Å². The van der Waals surface area contributed by atoms with Gasteiger partial charge < -0.3 is 15.0 Å². The molecule has 0 radical (unpaired) electrons. The van der Waals surface area contributed by atoms with Gasteiger partial charge in [-0.3, -0.25) is 4.79 Å². The minimum Gasteiger partial charge on any atom is -0.478 e. The molecule has 2 heterocycles. The molecule has 1 fully saturated rings. The lowest BCUT2D eigenvalue weighted by atomic mass is 9.99. The second kappa shape index (κ2) is 9.77. The van der Waals surface area contributed by atoms with Crippen molar-refractivity contribution < 1.29 is 13.9 Å². The lowest BCUT2D eigenvalue weighted by Gasteiger charge is -2.30. The Labute approximate surface area is 187 Å². The van der Waals surface area contributed by atoms with Gasteiger partial charge in [0.15, 0.2) is 23.5 Å². The molecule has 32 heavy (non-hydrogen) atoms. The van der Waals surface area contributed by atoms with Crippen LogP contribution in [0.5, 0.6) is 5.75 Å². The van der Waals surface area contributed by atoms with Crippen molar-refractivity contribution in [2.75, 3.05) is 23.3 Å². The molecule has 1 N–H and O–H groups in total. The maximum absolute atomic E-state index is 13.7. The Kier molecular flexibility index (Phi) is 6.63. The maximum Gasteiger partial charge on any atom is 0.265 e. The molecule has 0 aliphatic carbocycles. The standard InChI is InChI=1S/C25H27FN4O2/c1-17-13-15-30(16-14-17)24-12-11-22(28-29-24)19-7-9-20(10-8-19)27-25(31)18(2)32-23-6-4-3-5-21(23)26/h3-12,17-18H,13-16H2,1-2H3,(H,27,31). The molecule has 0 saturated carbocycles. The number of benzene rings is 2. The number of aromatic nitrogens is 2. The van der Waals surface area contributed by atoms with Gasteiger partial charge in [0, 0.05) is 24.3 Å². The molecule has 1 aliphatic heterocycles. The molecule has 3 aromatic rings. The van der Waals surface area contributed by atoms with Crippen molar-refractivity contribution in [1.29, 1.82) is 0 Å². The summed E-state index contributed by atoms with van der Waals surface area (Å²) in [5.41, 5.74) is 2.30. The third-order valence-electron chi connectivity index (χ3n) is 5.72. The molecule has 0 bridgehead atoms. The van der Waals surface area contributed by atoms with Crippen LogP contribution in [-0.2, 0) is 4.79 Å². The number of hydrogen-bond donors (Lipinski definition) is 1. The molecule has 2 aromatic carbocycles. The second-order valence-electron chi connectivity index (χ2n) is 8.20. The van der Waals surface area contributed by atoms with Crippen LogP contribution in [0.4, 0.5) is 15.9 Å². The molecule has 1 amide bonds. The van der Waals surface area contributed by atoms with Gasteiger partial charge in [0.2, 0.25) is 0 Å². The summed E-state index contributed by atoms with van der Waals surface area (Å²) >= 11 is 0. The molecular weight excluding hydrogens is 407 g/mol. The highest BCUT2D eigenvalue weighted by molar-refractivity contribution is 5.94. The molecule has 1 unspecified atom stereocenters. The van der Waals surface area contributed by atoms with E-state index >= 15 is 0 Å². The lowest BCUT2D eigenvalue weighted by molar-refractivity contribution is -0.122. The summed E-state index contributed by atoms with van der Waals surface area (Å²) < 4.78 is 19.2. The van der Waals surface area contributed by atoms with E-state index in [-0.39, 0.29) is 11.7 Å². The molecular formula is C25H27FN4O2. The predicted octanol–water partition coefficient (Wildman–Crippen LogP) is 4.93. The van der Waals surface area contributed by atoms with E-state index in [1.54, 1.807) is 31.2 Å². The third kappa shape index (κ3) is 5.22. The number of nitrogens with one attached hydrogen (secondary N) is 1. The third-order valence-corrected chi connectivity index (χ3v) is 5.72. The Hall–Kier alpha value is -3.48. The van der Waals surface area contributed by atoms with Crippen LogP contribution < -0.4 is 15.0 Å². The van der Waals surface area contributed by atoms with Gasteiger partial charge in [-0.05, 0) is 62.1 Å². The van der Waals surface area contributed by atoms with E-state index in [1.807, 2.05) is 24.3 Å². The van der Waals surface area contributed by atoms with Crippen LogP contribution in [0.1, 0.15) is 26.7 Å². The number of nitrogens with zero attached hydrogens (tertiary/aromatic N) is 3. The van der Waals surface area contributed by atoms with Gasteiger partial charge in [0.1, 0.15) is 0 Å². The SMILES string of the molecule is CC1CCN(c2ccc(-c3ccc(NC(=O)C(C)Oc4ccccc4F)cc3)nn2)CC1. The fraction of sp³-hybridized carbons (Fsp3) is 0.320. The Balaban J connectivity index is 1.35. The van der Waals surface area contributed by atoms with Crippen LogP contribution >= 0.6 is 0 Å². The summed E-state index contributed by atoms with van der Waals surface area (Å²) in [7, 11) is 0. The van der Waals surface area contributed by atoms with Crippen LogP contribution in [0, 0.1) is 11.7 Å². The predicted molar refractivity (Wildman–Crippen MR) is 123 cm³/mol. The van der Waals surface area contributed by atoms with Gasteiger partial charge in [-0.2, -0.15) is 0 Å². The van der Waals surface area contributed by atoms with E-state index in [9.17, 15) is 9.18 Å². The summed E-state index contributed by atoms with van der Waals surface area (Å²) in [6.07, 6.45) is 1.52. The van der Waals surface area contributed by atoms with Crippen LogP contribution in [0.25, 0.3) is 11.3 Å². The quantitative estimate of drug-likeness (QED) is 0.596. The van der Waals surface area contributed by atoms with Crippen molar-refractivity contribution in [3.8, 4) is 17.0 Å². The minimum atomic E-state index is -0.845. The molecule has 1 aromatic heterocycles. The summed E-state index contributed by atoms with van der Waals surface area (Å²) in [5, 5.41) is 11.6. The zero-order valence-electron chi connectivity index (χ0n) is 18.3. The zero-order valence-corrected chi connectivity index (χ0v) is 18.3. The van der Waals surface area contributed by atoms with E-state index in [2.05, 4.69) is 27.3 Å². The van der Waals surface area contributed by atoms with Crippen molar-refractivity contribution >= 4 is 17.4 Å². The van der Waals surface area contributed by atoms with Crippen molar-refractivity contribution in [3.05, 3.63) is 66.5 Å². The van der Waals surface area contributed by atoms with E-state index < -0.39 is 11.9 Å². The zero-order chi connectivity index (χ0) is 22.5. The largest absolute Gasteiger partial charge is 0.478 e. The van der Waals surface area contributed by atoms with Gasteiger partial charge in [-0.15, -0.1) is 10.2 Å². The highest BCUT2D eigenvalue weighted by Crippen LogP contribution is 2.24. The van der Waals surface area contributed by atoms with E-state index in [4.69, 9.17) is 4.74 Å². The fourth-order valence-electron chi connectivity index (χ4n) is 3.64. The number of amides is 1. The highest BCUT2D eigenvalue weighted by atomic mass is 19.1. The van der Waals surface area contributed by atoms with E-state index in [0.717, 1.165) is 36.1 Å². The lowest BCUT2D eigenvalue weighted by Crippen LogP contribution is -2.33. The Morgan fingerprint density at radius 1 is 1.06 bits per heavy atom. The van der Waals surface area contributed by atoms with E-state index in [1.165, 1.54) is 25.0 Å². The summed E-state index contributed by atoms with van der Waals surface area (Å²) in [6, 6.07) is 17.3. The summed E-state index contributed by atoms with van der Waals surface area (Å²) in [5.74, 6) is 0.867. The fourth-order valence-corrected chi connectivity index (χ4v) is 3.64. The normalized spacial score (nSPS) is 15.3. The van der Waals surface area contributed by atoms with Crippen molar-refractivity contribution in [2.45, 2.75) is 32.8 Å². The number of para-hydroxylation sites is 1. The number of ether oxygens (including phenoxy) is 1. The first-order valence-corrected chi connectivity index (χ1v) is 10.9. The number of rotatable bonds is 6. The average Bonchev–Trinajstić information content (AvgIpc) is 2.82. The number of halogens is 1. The van der Waals surface area contributed by atoms with Crippen molar-refractivity contribution in [3.63, 3.8) is 0 Å². The first-order valence-electron chi connectivity index (χ1n) is 10.9. The molecule has 166 valence electrons.